The number of ketones is 1. The zero-order valence-corrected chi connectivity index (χ0v) is 17.8. The number of hydrogen-bond donors (Lipinski definition) is 1. The Labute approximate surface area is 182 Å². The Hall–Kier alpha value is -3.25. The highest BCUT2D eigenvalue weighted by Gasteiger charge is 2.46. The minimum absolute atomic E-state index is 0.0679. The van der Waals surface area contributed by atoms with Crippen molar-refractivity contribution in [2.45, 2.75) is 19.4 Å². The predicted octanol–water partition coefficient (Wildman–Crippen LogP) is 5.03. The molecule has 5 nitrogen and oxygen atoms in total. The van der Waals surface area contributed by atoms with Gasteiger partial charge in [-0.05, 0) is 53.9 Å². The Morgan fingerprint density at radius 3 is 2.23 bits per heavy atom. The van der Waals surface area contributed by atoms with Crippen LogP contribution in [0.4, 0.5) is 5.69 Å². The van der Waals surface area contributed by atoms with E-state index in [0.717, 1.165) is 16.5 Å². The van der Waals surface area contributed by atoms with E-state index >= 15 is 0 Å². The Kier molecular flexibility index (Phi) is 5.50. The van der Waals surface area contributed by atoms with Gasteiger partial charge in [0.05, 0.1) is 11.6 Å². The van der Waals surface area contributed by atoms with Gasteiger partial charge < -0.3 is 5.11 Å². The summed E-state index contributed by atoms with van der Waals surface area (Å²) in [6.45, 7) is 2.04. The number of carbonyl (C=O) groups is 2. The maximum atomic E-state index is 13.0. The monoisotopic (exact) mass is 462 g/mol. The van der Waals surface area contributed by atoms with E-state index in [1.807, 2.05) is 31.2 Å². The Balaban J connectivity index is 1.90. The minimum atomic E-state index is -0.750. The number of aliphatic hydroxyl groups excluding tert-OH is 1. The summed E-state index contributed by atoms with van der Waals surface area (Å²) in [7, 11) is 0. The number of hydrogen-bond acceptors (Lipinski definition) is 4. The second-order valence-electron chi connectivity index (χ2n) is 6.98. The lowest BCUT2D eigenvalue weighted by Crippen LogP contribution is -2.29. The quantitative estimate of drug-likeness (QED) is 0.335. The third-order valence-corrected chi connectivity index (χ3v) is 5.74. The predicted molar refractivity (Wildman–Crippen MR) is 119 cm³/mol. The fraction of sp³-hybridized carbons (Fsp3) is 0.125. The van der Waals surface area contributed by atoms with Gasteiger partial charge in [-0.3, -0.25) is 19.5 Å². The van der Waals surface area contributed by atoms with Crippen molar-refractivity contribution in [3.8, 4) is 0 Å². The average Bonchev–Trinajstić information content (AvgIpc) is 3.05. The van der Waals surface area contributed by atoms with Crippen LogP contribution in [0, 0.1) is 0 Å². The lowest BCUT2D eigenvalue weighted by atomic mass is 9.95. The first-order valence-corrected chi connectivity index (χ1v) is 10.4. The molecule has 0 radical (unpaired) electrons. The summed E-state index contributed by atoms with van der Waals surface area (Å²) in [5, 5.41) is 11.1. The molecule has 1 atom stereocenters. The average molecular weight is 463 g/mol. The summed E-state index contributed by atoms with van der Waals surface area (Å²) in [5.41, 5.74) is 2.95. The summed E-state index contributed by atoms with van der Waals surface area (Å²) >= 11 is 3.39. The molecule has 1 amide bonds. The normalized spacial score (nSPS) is 18.1. The molecule has 1 N–H and O–H groups in total. The molecular formula is C24H19BrN2O3. The topological polar surface area (TPSA) is 70.5 Å². The molecule has 150 valence electrons. The molecule has 4 rings (SSSR count). The SMILES string of the molecule is CCc1ccc(/C(O)=C2/C(=O)C(=O)N(c3ccc(Br)cc3)C2c2ccncc2)cc1. The van der Waals surface area contributed by atoms with Crippen LogP contribution >= 0.6 is 15.9 Å². The first-order valence-electron chi connectivity index (χ1n) is 9.57. The maximum Gasteiger partial charge on any atom is 0.300 e. The molecule has 0 aliphatic carbocycles. The first-order chi connectivity index (χ1) is 14.5. The van der Waals surface area contributed by atoms with Gasteiger partial charge in [0.1, 0.15) is 5.76 Å². The largest absolute Gasteiger partial charge is 0.507 e. The number of aryl methyl sites for hydroxylation is 1. The molecule has 6 heteroatoms. The second kappa shape index (κ2) is 8.24. The summed E-state index contributed by atoms with van der Waals surface area (Å²) in [4.78, 5) is 31.5. The Morgan fingerprint density at radius 2 is 1.63 bits per heavy atom. The van der Waals surface area contributed by atoms with Gasteiger partial charge in [0.15, 0.2) is 0 Å². The number of aliphatic hydroxyl groups is 1. The van der Waals surface area contributed by atoms with Crippen LogP contribution in [0.2, 0.25) is 0 Å². The first kappa shape index (κ1) is 20.0. The van der Waals surface area contributed by atoms with Gasteiger partial charge in [0, 0.05) is 28.1 Å². The standard InChI is InChI=1S/C24H19BrN2O3/c1-2-15-3-5-17(6-4-15)22(28)20-21(16-11-13-26-14-12-16)27(24(30)23(20)29)19-9-7-18(25)8-10-19/h3-14,21,28H,2H2,1H3/b22-20-. The summed E-state index contributed by atoms with van der Waals surface area (Å²) in [6.07, 6.45) is 4.08. The molecule has 0 spiro atoms. The van der Waals surface area contributed by atoms with Crippen LogP contribution in [0.25, 0.3) is 5.76 Å². The highest BCUT2D eigenvalue weighted by Crippen LogP contribution is 2.42. The molecule has 1 aromatic heterocycles. The van der Waals surface area contributed by atoms with Gasteiger partial charge in [-0.15, -0.1) is 0 Å². The van der Waals surface area contributed by atoms with Crippen molar-refractivity contribution in [1.29, 1.82) is 0 Å². The van der Waals surface area contributed by atoms with E-state index in [1.165, 1.54) is 4.90 Å². The van der Waals surface area contributed by atoms with E-state index < -0.39 is 17.7 Å². The van der Waals surface area contributed by atoms with Crippen molar-refractivity contribution < 1.29 is 14.7 Å². The Morgan fingerprint density at radius 1 is 1.00 bits per heavy atom. The van der Waals surface area contributed by atoms with Crippen LogP contribution in [-0.4, -0.2) is 21.8 Å². The van der Waals surface area contributed by atoms with Gasteiger partial charge >= 0.3 is 0 Å². The molecule has 2 aromatic carbocycles. The smallest absolute Gasteiger partial charge is 0.300 e. The van der Waals surface area contributed by atoms with E-state index in [2.05, 4.69) is 20.9 Å². The fourth-order valence-corrected chi connectivity index (χ4v) is 3.88. The lowest BCUT2D eigenvalue weighted by Gasteiger charge is -2.25. The fourth-order valence-electron chi connectivity index (χ4n) is 3.62. The summed E-state index contributed by atoms with van der Waals surface area (Å²) < 4.78 is 0.860. The van der Waals surface area contributed by atoms with Crippen molar-refractivity contribution in [2.75, 3.05) is 4.90 Å². The van der Waals surface area contributed by atoms with E-state index in [-0.39, 0.29) is 11.3 Å². The third-order valence-electron chi connectivity index (χ3n) is 5.21. The van der Waals surface area contributed by atoms with Gasteiger partial charge in [-0.2, -0.15) is 0 Å². The molecule has 2 heterocycles. The van der Waals surface area contributed by atoms with Crippen molar-refractivity contribution in [2.24, 2.45) is 0 Å². The number of rotatable bonds is 4. The molecule has 0 bridgehead atoms. The Bertz CT molecular complexity index is 1120. The number of nitrogens with zero attached hydrogens (tertiary/aromatic N) is 2. The molecule has 0 saturated carbocycles. The molecule has 3 aromatic rings. The van der Waals surface area contributed by atoms with Crippen LogP contribution in [0.15, 0.2) is 83.1 Å². The number of anilines is 1. The van der Waals surface area contributed by atoms with E-state index in [1.54, 1.807) is 48.8 Å². The highest BCUT2D eigenvalue weighted by molar-refractivity contribution is 9.10. The number of pyridine rings is 1. The van der Waals surface area contributed by atoms with Crippen LogP contribution in [-0.2, 0) is 16.0 Å². The molecule has 1 aliphatic heterocycles. The van der Waals surface area contributed by atoms with Crippen LogP contribution in [0.3, 0.4) is 0 Å². The minimum Gasteiger partial charge on any atom is -0.507 e. The van der Waals surface area contributed by atoms with Gasteiger partial charge in [-0.1, -0.05) is 47.1 Å². The van der Waals surface area contributed by atoms with E-state index in [0.29, 0.717) is 16.8 Å². The second-order valence-corrected chi connectivity index (χ2v) is 7.89. The van der Waals surface area contributed by atoms with Crippen LogP contribution in [0.5, 0.6) is 0 Å². The molecule has 1 unspecified atom stereocenters. The number of carbonyl (C=O) groups excluding carboxylic acids is 2. The van der Waals surface area contributed by atoms with Crippen LogP contribution < -0.4 is 4.90 Å². The zero-order valence-electron chi connectivity index (χ0n) is 16.2. The number of benzene rings is 2. The maximum absolute atomic E-state index is 13.0. The van der Waals surface area contributed by atoms with Crippen molar-refractivity contribution in [3.05, 3.63) is 99.8 Å². The van der Waals surface area contributed by atoms with Crippen molar-refractivity contribution in [3.63, 3.8) is 0 Å². The van der Waals surface area contributed by atoms with Crippen molar-refractivity contribution in [1.82, 2.24) is 4.98 Å². The molecule has 1 fully saturated rings. The number of Topliss-reactive ketones (excluding diaryl/α,β-unsaturated/α-hetero) is 1. The lowest BCUT2D eigenvalue weighted by molar-refractivity contribution is -0.132. The van der Waals surface area contributed by atoms with Gasteiger partial charge in [-0.25, -0.2) is 0 Å². The summed E-state index contributed by atoms with van der Waals surface area (Å²) in [6, 6.07) is 17.2. The zero-order chi connectivity index (χ0) is 21.3. The number of aromatic nitrogens is 1. The molecule has 1 saturated heterocycles. The third kappa shape index (κ3) is 3.55. The number of halogens is 1. The van der Waals surface area contributed by atoms with Crippen molar-refractivity contribution >= 4 is 39.1 Å². The van der Waals surface area contributed by atoms with Gasteiger partial charge in [0.2, 0.25) is 0 Å². The van der Waals surface area contributed by atoms with Gasteiger partial charge in [0.25, 0.3) is 11.7 Å². The van der Waals surface area contributed by atoms with E-state index in [4.69, 9.17) is 0 Å². The molecular weight excluding hydrogens is 444 g/mol. The highest BCUT2D eigenvalue weighted by atomic mass is 79.9. The molecule has 30 heavy (non-hydrogen) atoms. The van der Waals surface area contributed by atoms with Crippen LogP contribution in [0.1, 0.15) is 29.7 Å². The van der Waals surface area contributed by atoms with E-state index in [9.17, 15) is 14.7 Å². The molecule has 1 aliphatic rings. The summed E-state index contributed by atoms with van der Waals surface area (Å²) in [5.74, 6) is -1.57. The number of amides is 1.